The highest BCUT2D eigenvalue weighted by Crippen LogP contribution is 2.31. The van der Waals surface area contributed by atoms with Crippen LogP contribution in [-0.4, -0.2) is 53.8 Å². The van der Waals surface area contributed by atoms with Gasteiger partial charge in [0.25, 0.3) is 0 Å². The largest absolute Gasteiger partial charge is 0.381 e. The summed E-state index contributed by atoms with van der Waals surface area (Å²) in [4.78, 5) is 2.56. The Morgan fingerprint density at radius 2 is 1.88 bits per heavy atom. The van der Waals surface area contributed by atoms with Crippen molar-refractivity contribution in [1.29, 1.82) is 0 Å². The second kappa shape index (κ2) is 5.47. The third-order valence-electron chi connectivity index (χ3n) is 3.96. The first kappa shape index (κ1) is 13.7. The summed E-state index contributed by atoms with van der Waals surface area (Å²) in [5.41, 5.74) is 6.48. The molecule has 0 aliphatic carbocycles. The molecule has 0 saturated carbocycles. The molecule has 2 N–H and O–H groups in total. The van der Waals surface area contributed by atoms with Crippen LogP contribution in [-0.2, 0) is 4.74 Å². The van der Waals surface area contributed by atoms with Crippen molar-refractivity contribution in [3.63, 3.8) is 0 Å². The molecule has 0 bridgehead atoms. The van der Waals surface area contributed by atoms with Crippen LogP contribution in [0.2, 0.25) is 0 Å². The Labute approximate surface area is 109 Å². The van der Waals surface area contributed by atoms with E-state index >= 15 is 0 Å². The Kier molecular flexibility index (Phi) is 4.40. The van der Waals surface area contributed by atoms with Crippen molar-refractivity contribution in [3.05, 3.63) is 0 Å². The van der Waals surface area contributed by atoms with Crippen LogP contribution in [0.5, 0.6) is 0 Å². The first-order valence-electron chi connectivity index (χ1n) is 6.72. The van der Waals surface area contributed by atoms with Crippen LogP contribution in [0.1, 0.15) is 33.1 Å². The molecule has 0 aromatic carbocycles. The average Bonchev–Trinajstić information content (AvgIpc) is 2.41. The van der Waals surface area contributed by atoms with Gasteiger partial charge in [0.15, 0.2) is 0 Å². The van der Waals surface area contributed by atoms with E-state index in [9.17, 15) is 0 Å². The fourth-order valence-corrected chi connectivity index (χ4v) is 3.74. The maximum Gasteiger partial charge on any atom is 0.0484 e. The highest BCUT2D eigenvalue weighted by Gasteiger charge is 2.32. The molecule has 17 heavy (non-hydrogen) atoms. The maximum atomic E-state index is 6.48. The van der Waals surface area contributed by atoms with Gasteiger partial charge in [0, 0.05) is 42.3 Å². The number of rotatable bonds is 2. The fourth-order valence-electron chi connectivity index (χ4n) is 2.60. The van der Waals surface area contributed by atoms with Crippen molar-refractivity contribution in [3.8, 4) is 0 Å². The minimum Gasteiger partial charge on any atom is -0.381 e. The van der Waals surface area contributed by atoms with Crippen LogP contribution < -0.4 is 5.73 Å². The summed E-state index contributed by atoms with van der Waals surface area (Å²) in [7, 11) is 0. The zero-order chi connectivity index (χ0) is 12.4. The molecule has 2 saturated heterocycles. The summed E-state index contributed by atoms with van der Waals surface area (Å²) in [6.07, 6.45) is 3.30. The summed E-state index contributed by atoms with van der Waals surface area (Å²) in [5, 5.41) is 0. The van der Waals surface area contributed by atoms with E-state index in [1.54, 1.807) is 0 Å². The highest BCUT2D eigenvalue weighted by molar-refractivity contribution is 8.00. The van der Waals surface area contributed by atoms with Crippen molar-refractivity contribution in [2.24, 2.45) is 5.73 Å². The van der Waals surface area contributed by atoms with Crippen molar-refractivity contribution < 1.29 is 4.74 Å². The van der Waals surface area contributed by atoms with Crippen LogP contribution in [0.15, 0.2) is 0 Å². The summed E-state index contributed by atoms with van der Waals surface area (Å²) < 4.78 is 5.85. The van der Waals surface area contributed by atoms with Crippen molar-refractivity contribution in [2.75, 3.05) is 38.6 Å². The van der Waals surface area contributed by atoms with Gasteiger partial charge in [-0.3, -0.25) is 0 Å². The third-order valence-corrected chi connectivity index (χ3v) is 5.33. The van der Waals surface area contributed by atoms with Gasteiger partial charge in [-0.1, -0.05) is 13.8 Å². The Morgan fingerprint density at radius 3 is 2.59 bits per heavy atom. The summed E-state index contributed by atoms with van der Waals surface area (Å²) in [5.74, 6) is 1.24. The average molecular weight is 258 g/mol. The second-order valence-electron chi connectivity index (χ2n) is 6.11. The molecule has 4 heteroatoms. The Bertz CT molecular complexity index is 252. The smallest absolute Gasteiger partial charge is 0.0484 e. The van der Waals surface area contributed by atoms with Crippen LogP contribution in [0, 0.1) is 0 Å². The van der Waals surface area contributed by atoms with Gasteiger partial charge in [0.05, 0.1) is 0 Å². The van der Waals surface area contributed by atoms with E-state index in [-0.39, 0.29) is 5.54 Å². The summed E-state index contributed by atoms with van der Waals surface area (Å²) >= 11 is 2.10. The molecule has 3 nitrogen and oxygen atoms in total. The zero-order valence-corrected chi connectivity index (χ0v) is 12.0. The Balaban J connectivity index is 1.86. The maximum absolute atomic E-state index is 6.48. The zero-order valence-electron chi connectivity index (χ0n) is 11.2. The number of hydrogen-bond acceptors (Lipinski definition) is 4. The van der Waals surface area contributed by atoms with Crippen LogP contribution >= 0.6 is 11.8 Å². The fraction of sp³-hybridized carbons (Fsp3) is 1.00. The lowest BCUT2D eigenvalue weighted by Gasteiger charge is -2.37. The summed E-state index contributed by atoms with van der Waals surface area (Å²) in [6, 6.07) is 0. The molecule has 0 amide bonds. The quantitative estimate of drug-likeness (QED) is 0.818. The predicted octanol–water partition coefficient (Wildman–Crippen LogP) is 1.71. The number of nitrogens with zero attached hydrogens (tertiary/aromatic N) is 1. The lowest BCUT2D eigenvalue weighted by molar-refractivity contribution is 0.0384. The van der Waals surface area contributed by atoms with Crippen molar-refractivity contribution in [1.82, 2.24) is 4.90 Å². The van der Waals surface area contributed by atoms with Gasteiger partial charge in [-0.25, -0.2) is 0 Å². The molecule has 0 aromatic rings. The minimum atomic E-state index is -0.00258. The molecule has 2 heterocycles. The van der Waals surface area contributed by atoms with Gasteiger partial charge >= 0.3 is 0 Å². The molecule has 2 aliphatic heterocycles. The van der Waals surface area contributed by atoms with Gasteiger partial charge in [-0.15, -0.1) is 0 Å². The topological polar surface area (TPSA) is 38.5 Å². The molecular weight excluding hydrogens is 232 g/mol. The van der Waals surface area contributed by atoms with Gasteiger partial charge in [0.1, 0.15) is 0 Å². The molecule has 100 valence electrons. The van der Waals surface area contributed by atoms with Crippen LogP contribution in [0.4, 0.5) is 0 Å². The van der Waals surface area contributed by atoms with E-state index in [1.807, 2.05) is 0 Å². The highest BCUT2D eigenvalue weighted by atomic mass is 32.2. The molecule has 2 rings (SSSR count). The normalized spacial score (nSPS) is 29.8. The number of thioether (sulfide) groups is 1. The monoisotopic (exact) mass is 258 g/mol. The summed E-state index contributed by atoms with van der Waals surface area (Å²) in [6.45, 7) is 9.82. The van der Waals surface area contributed by atoms with E-state index in [0.717, 1.165) is 32.6 Å². The van der Waals surface area contributed by atoms with E-state index < -0.39 is 0 Å². The molecule has 0 atom stereocenters. The standard InChI is InChI=1S/C13H26N2OS/c1-12(2)3-6-15(7-10-17-12)11-13(14)4-8-16-9-5-13/h3-11,14H2,1-2H3. The van der Waals surface area contributed by atoms with Crippen LogP contribution in [0.25, 0.3) is 0 Å². The van der Waals surface area contributed by atoms with E-state index in [2.05, 4.69) is 30.5 Å². The lowest BCUT2D eigenvalue weighted by Crippen LogP contribution is -2.53. The molecule has 2 fully saturated rings. The second-order valence-corrected chi connectivity index (χ2v) is 7.91. The lowest BCUT2D eigenvalue weighted by atomic mass is 9.90. The first-order valence-corrected chi connectivity index (χ1v) is 7.71. The number of nitrogens with two attached hydrogens (primary N) is 1. The van der Waals surface area contributed by atoms with Gasteiger partial charge in [-0.05, 0) is 25.8 Å². The first-order chi connectivity index (χ1) is 7.99. The van der Waals surface area contributed by atoms with Crippen molar-refractivity contribution >= 4 is 11.8 Å². The van der Waals surface area contributed by atoms with E-state index in [1.165, 1.54) is 25.3 Å². The Morgan fingerprint density at radius 1 is 1.18 bits per heavy atom. The molecule has 2 aliphatic rings. The molecule has 0 aromatic heterocycles. The van der Waals surface area contributed by atoms with E-state index in [4.69, 9.17) is 10.5 Å². The molecule has 0 spiro atoms. The number of hydrogen-bond donors (Lipinski definition) is 1. The minimum absolute atomic E-state index is 0.00258. The van der Waals surface area contributed by atoms with Crippen LogP contribution in [0.3, 0.4) is 0 Å². The Hall–Kier alpha value is 0.230. The van der Waals surface area contributed by atoms with Crippen molar-refractivity contribution in [2.45, 2.75) is 43.4 Å². The van der Waals surface area contributed by atoms with Gasteiger partial charge in [0.2, 0.25) is 0 Å². The molecule has 0 unspecified atom stereocenters. The van der Waals surface area contributed by atoms with Gasteiger partial charge < -0.3 is 15.4 Å². The van der Waals surface area contributed by atoms with Gasteiger partial charge in [-0.2, -0.15) is 11.8 Å². The third kappa shape index (κ3) is 4.12. The predicted molar refractivity (Wildman–Crippen MR) is 74.6 cm³/mol. The van der Waals surface area contributed by atoms with E-state index in [0.29, 0.717) is 4.75 Å². The molecular formula is C13H26N2OS. The number of ether oxygens (including phenoxy) is 1. The SMILES string of the molecule is CC1(C)CCN(CC2(N)CCOCC2)CCS1. The molecule has 0 radical (unpaired) electrons.